The third-order valence-electron chi connectivity index (χ3n) is 5.87. The van der Waals surface area contributed by atoms with E-state index in [0.717, 1.165) is 11.1 Å². The number of benzene rings is 2. The standard InChI is InChI=1S/C21H19NO7/c1-26-14-7-12-13(8-15(14)27-2)20(23)22-4-3-10-5-16-17(29-9-28-16)6-11(10)19(22)18(12)21(24)25/h5-8,18-19H,3-4,9H2,1-2H3,(H,24,25). The predicted molar refractivity (Wildman–Crippen MR) is 100.0 cm³/mol. The van der Waals surface area contributed by atoms with Gasteiger partial charge in [-0.1, -0.05) is 0 Å². The lowest BCUT2D eigenvalue weighted by molar-refractivity contribution is -0.140. The van der Waals surface area contributed by atoms with E-state index < -0.39 is 17.9 Å². The lowest BCUT2D eigenvalue weighted by atomic mass is 9.76. The summed E-state index contributed by atoms with van der Waals surface area (Å²) in [4.78, 5) is 27.4. The van der Waals surface area contributed by atoms with E-state index in [0.29, 0.717) is 47.1 Å². The van der Waals surface area contributed by atoms with Crippen LogP contribution >= 0.6 is 0 Å². The summed E-state index contributed by atoms with van der Waals surface area (Å²) in [5.41, 5.74) is 2.50. The third kappa shape index (κ3) is 2.45. The van der Waals surface area contributed by atoms with Gasteiger partial charge in [0.1, 0.15) is 5.92 Å². The molecule has 0 bridgehead atoms. The Morgan fingerprint density at radius 2 is 1.76 bits per heavy atom. The van der Waals surface area contributed by atoms with Gasteiger partial charge in [0.05, 0.1) is 20.3 Å². The first kappa shape index (κ1) is 17.7. The van der Waals surface area contributed by atoms with Crippen LogP contribution in [0.5, 0.6) is 23.0 Å². The number of nitrogens with zero attached hydrogens (tertiary/aromatic N) is 1. The Morgan fingerprint density at radius 1 is 1.07 bits per heavy atom. The minimum atomic E-state index is -1.01. The van der Waals surface area contributed by atoms with Crippen molar-refractivity contribution in [3.8, 4) is 23.0 Å². The number of fused-ring (bicyclic) bond motifs is 5. The highest BCUT2D eigenvalue weighted by Crippen LogP contribution is 2.50. The van der Waals surface area contributed by atoms with Crippen LogP contribution in [0.2, 0.25) is 0 Å². The average Bonchev–Trinajstić information content (AvgIpc) is 3.18. The summed E-state index contributed by atoms with van der Waals surface area (Å²) in [6.45, 7) is 0.557. The molecule has 3 aliphatic heterocycles. The summed E-state index contributed by atoms with van der Waals surface area (Å²) in [6, 6.07) is 6.23. The molecule has 3 heterocycles. The van der Waals surface area contributed by atoms with Gasteiger partial charge in [0.2, 0.25) is 6.79 Å². The molecule has 2 unspecified atom stereocenters. The van der Waals surface area contributed by atoms with Crippen LogP contribution < -0.4 is 18.9 Å². The molecule has 2 atom stereocenters. The van der Waals surface area contributed by atoms with Crippen molar-refractivity contribution < 1.29 is 33.6 Å². The number of methoxy groups -OCH3 is 2. The highest BCUT2D eigenvalue weighted by Gasteiger charge is 2.47. The maximum Gasteiger partial charge on any atom is 0.313 e. The van der Waals surface area contributed by atoms with Crippen LogP contribution in [-0.2, 0) is 11.2 Å². The Balaban J connectivity index is 1.72. The van der Waals surface area contributed by atoms with Gasteiger partial charge in [-0.25, -0.2) is 0 Å². The van der Waals surface area contributed by atoms with Crippen LogP contribution in [0, 0.1) is 0 Å². The summed E-state index contributed by atoms with van der Waals surface area (Å²) in [6.07, 6.45) is 0.614. The number of amides is 1. The summed E-state index contributed by atoms with van der Waals surface area (Å²) < 4.78 is 21.6. The number of aliphatic carboxylic acids is 1. The van der Waals surface area contributed by atoms with Crippen molar-refractivity contribution in [1.82, 2.24) is 4.90 Å². The summed E-state index contributed by atoms with van der Waals surface area (Å²) in [5.74, 6) is -0.165. The third-order valence-corrected chi connectivity index (χ3v) is 5.87. The molecule has 8 nitrogen and oxygen atoms in total. The zero-order valence-corrected chi connectivity index (χ0v) is 15.9. The fourth-order valence-corrected chi connectivity index (χ4v) is 4.56. The Morgan fingerprint density at radius 3 is 2.45 bits per heavy atom. The van der Waals surface area contributed by atoms with E-state index in [2.05, 4.69) is 0 Å². The van der Waals surface area contributed by atoms with Gasteiger partial charge in [0, 0.05) is 12.1 Å². The van der Waals surface area contributed by atoms with Gasteiger partial charge in [0.25, 0.3) is 5.91 Å². The molecule has 1 N–H and O–H groups in total. The van der Waals surface area contributed by atoms with Crippen molar-refractivity contribution in [2.45, 2.75) is 18.4 Å². The smallest absolute Gasteiger partial charge is 0.313 e. The van der Waals surface area contributed by atoms with E-state index >= 15 is 0 Å². The fraction of sp³-hybridized carbons (Fsp3) is 0.333. The van der Waals surface area contributed by atoms with Crippen molar-refractivity contribution in [2.75, 3.05) is 27.6 Å². The Hall–Kier alpha value is -3.42. The molecular weight excluding hydrogens is 378 g/mol. The maximum absolute atomic E-state index is 13.3. The molecule has 0 spiro atoms. The van der Waals surface area contributed by atoms with Crippen molar-refractivity contribution in [3.63, 3.8) is 0 Å². The van der Waals surface area contributed by atoms with Crippen LogP contribution in [0.25, 0.3) is 0 Å². The van der Waals surface area contributed by atoms with E-state index in [4.69, 9.17) is 18.9 Å². The van der Waals surface area contributed by atoms with Crippen LogP contribution in [0.4, 0.5) is 0 Å². The number of ether oxygens (including phenoxy) is 4. The van der Waals surface area contributed by atoms with Crippen LogP contribution in [-0.4, -0.2) is 49.4 Å². The van der Waals surface area contributed by atoms with Crippen molar-refractivity contribution in [3.05, 3.63) is 46.5 Å². The lowest BCUT2D eigenvalue weighted by Crippen LogP contribution is -2.48. The zero-order valence-electron chi connectivity index (χ0n) is 15.9. The first-order valence-electron chi connectivity index (χ1n) is 9.25. The number of carboxylic acids is 1. The number of carboxylic acid groups (broad SMARTS) is 1. The molecule has 2 aromatic rings. The molecule has 150 valence electrons. The molecule has 0 aliphatic carbocycles. The first-order chi connectivity index (χ1) is 14.0. The number of carbonyl (C=O) groups is 2. The molecule has 8 heteroatoms. The normalized spacial score (nSPS) is 21.2. The highest BCUT2D eigenvalue weighted by atomic mass is 16.7. The highest BCUT2D eigenvalue weighted by molar-refractivity contribution is 6.01. The van der Waals surface area contributed by atoms with E-state index in [1.807, 2.05) is 12.1 Å². The monoisotopic (exact) mass is 397 g/mol. The van der Waals surface area contributed by atoms with Gasteiger partial charge in [-0.2, -0.15) is 0 Å². The molecule has 1 amide bonds. The fourth-order valence-electron chi connectivity index (χ4n) is 4.56. The van der Waals surface area contributed by atoms with Crippen molar-refractivity contribution in [2.24, 2.45) is 0 Å². The molecule has 0 radical (unpaired) electrons. The summed E-state index contributed by atoms with van der Waals surface area (Å²) in [7, 11) is 2.96. The van der Waals surface area contributed by atoms with Gasteiger partial charge < -0.3 is 29.0 Å². The van der Waals surface area contributed by atoms with Gasteiger partial charge >= 0.3 is 5.97 Å². The second-order valence-electron chi connectivity index (χ2n) is 7.21. The van der Waals surface area contributed by atoms with Crippen LogP contribution in [0.1, 0.15) is 39.0 Å². The second-order valence-corrected chi connectivity index (χ2v) is 7.21. The van der Waals surface area contributed by atoms with E-state index in [9.17, 15) is 14.7 Å². The van der Waals surface area contributed by atoms with Crippen LogP contribution in [0.3, 0.4) is 0 Å². The molecule has 29 heavy (non-hydrogen) atoms. The number of hydrogen-bond acceptors (Lipinski definition) is 6. The largest absolute Gasteiger partial charge is 0.493 e. The predicted octanol–water partition coefficient (Wildman–Crippen LogP) is 2.35. The molecule has 3 aliphatic rings. The van der Waals surface area contributed by atoms with Gasteiger partial charge in [-0.15, -0.1) is 0 Å². The average molecular weight is 397 g/mol. The molecule has 2 aromatic carbocycles. The Bertz CT molecular complexity index is 1050. The minimum absolute atomic E-state index is 0.133. The van der Waals surface area contributed by atoms with E-state index in [1.54, 1.807) is 17.0 Å². The van der Waals surface area contributed by atoms with Crippen molar-refractivity contribution >= 4 is 11.9 Å². The molecule has 5 rings (SSSR count). The van der Waals surface area contributed by atoms with Crippen molar-refractivity contribution in [1.29, 1.82) is 0 Å². The van der Waals surface area contributed by atoms with E-state index in [1.165, 1.54) is 14.2 Å². The van der Waals surface area contributed by atoms with Gasteiger partial charge in [-0.05, 0) is 47.4 Å². The number of hydrogen-bond donors (Lipinski definition) is 1. The number of carbonyl (C=O) groups excluding carboxylic acids is 1. The van der Waals surface area contributed by atoms with Crippen LogP contribution in [0.15, 0.2) is 24.3 Å². The molecule has 0 saturated heterocycles. The van der Waals surface area contributed by atoms with E-state index in [-0.39, 0.29) is 12.7 Å². The van der Waals surface area contributed by atoms with Gasteiger partial charge in [0.15, 0.2) is 23.0 Å². The summed E-state index contributed by atoms with van der Waals surface area (Å²) in [5, 5.41) is 10.2. The van der Waals surface area contributed by atoms with Gasteiger partial charge in [-0.3, -0.25) is 9.59 Å². The topological polar surface area (TPSA) is 94.5 Å². The quantitative estimate of drug-likeness (QED) is 0.850. The summed E-state index contributed by atoms with van der Waals surface area (Å²) >= 11 is 0. The Labute approximate surface area is 166 Å². The SMILES string of the molecule is COc1cc2c(cc1OC)C(C(=O)O)C1c3cc4c(cc3CCN1C2=O)OCO4. The molecule has 0 fully saturated rings. The lowest BCUT2D eigenvalue weighted by Gasteiger charge is -2.44. The molecule has 0 saturated carbocycles. The maximum atomic E-state index is 13.3. The second kappa shape index (κ2) is 6.30. The first-order valence-corrected chi connectivity index (χ1v) is 9.25. The molecular formula is C21H19NO7. The zero-order chi connectivity index (χ0) is 20.3. The minimum Gasteiger partial charge on any atom is -0.493 e. The number of rotatable bonds is 3. The molecule has 0 aromatic heterocycles. The Kier molecular flexibility index (Phi) is 3.84.